The monoisotopic (exact) mass is 239 g/mol. The summed E-state index contributed by atoms with van der Waals surface area (Å²) in [7, 11) is 0. The van der Waals surface area contributed by atoms with E-state index in [2.05, 4.69) is 12.2 Å². The van der Waals surface area contributed by atoms with Crippen molar-refractivity contribution >= 4 is 11.8 Å². The van der Waals surface area contributed by atoms with Gasteiger partial charge < -0.3 is 16.0 Å². The fourth-order valence-electron chi connectivity index (χ4n) is 2.77. The molecule has 3 unspecified atom stereocenters. The lowest BCUT2D eigenvalue weighted by atomic mass is 9.94. The van der Waals surface area contributed by atoms with Gasteiger partial charge in [-0.15, -0.1) is 0 Å². The molecule has 0 radical (unpaired) electrons. The zero-order chi connectivity index (χ0) is 12.4. The number of primary amides is 1. The van der Waals surface area contributed by atoms with Gasteiger partial charge in [-0.05, 0) is 32.6 Å². The van der Waals surface area contributed by atoms with Crippen LogP contribution in [0.5, 0.6) is 0 Å². The number of carbonyl (C=O) groups is 2. The van der Waals surface area contributed by atoms with Crippen molar-refractivity contribution in [3.63, 3.8) is 0 Å². The first-order valence-electron chi connectivity index (χ1n) is 6.42. The summed E-state index contributed by atoms with van der Waals surface area (Å²) in [6.07, 6.45) is 3.54. The van der Waals surface area contributed by atoms with Gasteiger partial charge in [-0.2, -0.15) is 0 Å². The second kappa shape index (κ2) is 5.04. The van der Waals surface area contributed by atoms with Crippen molar-refractivity contribution < 1.29 is 9.59 Å². The largest absolute Gasteiger partial charge is 0.368 e. The molecule has 0 spiro atoms. The van der Waals surface area contributed by atoms with E-state index in [0.29, 0.717) is 12.6 Å². The molecule has 2 aliphatic heterocycles. The molecule has 5 nitrogen and oxygen atoms in total. The SMILES string of the molecule is CC1CCC(C(=O)N2CCCC2C(N)=O)CN1. The van der Waals surface area contributed by atoms with Crippen LogP contribution in [0.3, 0.4) is 0 Å². The van der Waals surface area contributed by atoms with Gasteiger partial charge in [-0.1, -0.05) is 0 Å². The quantitative estimate of drug-likeness (QED) is 0.703. The number of rotatable bonds is 2. The Bertz CT molecular complexity index is 311. The highest BCUT2D eigenvalue weighted by Crippen LogP contribution is 2.23. The third-order valence-electron chi connectivity index (χ3n) is 3.87. The molecular formula is C12H21N3O2. The van der Waals surface area contributed by atoms with Gasteiger partial charge in [-0.25, -0.2) is 0 Å². The zero-order valence-corrected chi connectivity index (χ0v) is 10.3. The number of piperidine rings is 1. The summed E-state index contributed by atoms with van der Waals surface area (Å²) < 4.78 is 0. The van der Waals surface area contributed by atoms with E-state index in [1.807, 2.05) is 0 Å². The first-order chi connectivity index (χ1) is 8.09. The maximum atomic E-state index is 12.3. The zero-order valence-electron chi connectivity index (χ0n) is 10.3. The molecule has 0 saturated carbocycles. The Labute approximate surface area is 102 Å². The topological polar surface area (TPSA) is 75.4 Å². The smallest absolute Gasteiger partial charge is 0.240 e. The van der Waals surface area contributed by atoms with Gasteiger partial charge in [0, 0.05) is 19.1 Å². The maximum absolute atomic E-state index is 12.3. The molecule has 2 saturated heterocycles. The molecule has 96 valence electrons. The molecule has 2 fully saturated rings. The van der Waals surface area contributed by atoms with Gasteiger partial charge >= 0.3 is 0 Å². The van der Waals surface area contributed by atoms with E-state index in [0.717, 1.165) is 32.2 Å². The summed E-state index contributed by atoms with van der Waals surface area (Å²) in [5.74, 6) is -0.246. The molecular weight excluding hydrogens is 218 g/mol. The lowest BCUT2D eigenvalue weighted by molar-refractivity contribution is -0.141. The number of hydrogen-bond donors (Lipinski definition) is 2. The number of hydrogen-bond acceptors (Lipinski definition) is 3. The minimum atomic E-state index is -0.373. The minimum Gasteiger partial charge on any atom is -0.368 e. The number of nitrogens with zero attached hydrogens (tertiary/aromatic N) is 1. The maximum Gasteiger partial charge on any atom is 0.240 e. The Morgan fingerprint density at radius 3 is 2.65 bits per heavy atom. The van der Waals surface area contributed by atoms with Crippen LogP contribution in [0.2, 0.25) is 0 Å². The van der Waals surface area contributed by atoms with Crippen molar-refractivity contribution in [1.82, 2.24) is 10.2 Å². The predicted octanol–water partition coefficient (Wildman–Crippen LogP) is -0.149. The Morgan fingerprint density at radius 1 is 1.29 bits per heavy atom. The summed E-state index contributed by atoms with van der Waals surface area (Å²) in [4.78, 5) is 25.2. The highest BCUT2D eigenvalue weighted by Gasteiger charge is 2.36. The Hall–Kier alpha value is -1.10. The number of likely N-dealkylation sites (tertiary alicyclic amines) is 1. The average molecular weight is 239 g/mol. The third-order valence-corrected chi connectivity index (χ3v) is 3.87. The second-order valence-corrected chi connectivity index (χ2v) is 5.18. The summed E-state index contributed by atoms with van der Waals surface area (Å²) in [6.45, 7) is 3.53. The van der Waals surface area contributed by atoms with Gasteiger partial charge in [0.15, 0.2) is 0 Å². The van der Waals surface area contributed by atoms with Crippen LogP contribution in [0.15, 0.2) is 0 Å². The Balaban J connectivity index is 1.97. The molecule has 3 N–H and O–H groups in total. The molecule has 0 bridgehead atoms. The molecule has 2 amide bonds. The number of amides is 2. The van der Waals surface area contributed by atoms with E-state index in [-0.39, 0.29) is 23.8 Å². The van der Waals surface area contributed by atoms with Crippen molar-refractivity contribution in [2.75, 3.05) is 13.1 Å². The molecule has 0 aliphatic carbocycles. The van der Waals surface area contributed by atoms with Gasteiger partial charge in [0.2, 0.25) is 11.8 Å². The standard InChI is InChI=1S/C12H21N3O2/c1-8-4-5-9(7-14-8)12(17)15-6-2-3-10(15)11(13)16/h8-10,14H,2-7H2,1H3,(H2,13,16). The molecule has 0 aromatic heterocycles. The number of carbonyl (C=O) groups excluding carboxylic acids is 2. The van der Waals surface area contributed by atoms with Crippen molar-refractivity contribution in [1.29, 1.82) is 0 Å². The van der Waals surface area contributed by atoms with E-state index in [1.165, 1.54) is 0 Å². The number of nitrogens with two attached hydrogens (primary N) is 1. The van der Waals surface area contributed by atoms with Crippen LogP contribution in [-0.2, 0) is 9.59 Å². The molecule has 2 aliphatic rings. The van der Waals surface area contributed by atoms with Crippen molar-refractivity contribution in [2.24, 2.45) is 11.7 Å². The second-order valence-electron chi connectivity index (χ2n) is 5.18. The molecule has 2 heterocycles. The fourth-order valence-corrected chi connectivity index (χ4v) is 2.77. The summed E-state index contributed by atoms with van der Waals surface area (Å²) in [6, 6.07) is 0.117. The van der Waals surface area contributed by atoms with Crippen LogP contribution >= 0.6 is 0 Å². The van der Waals surface area contributed by atoms with E-state index in [1.54, 1.807) is 4.90 Å². The fraction of sp³-hybridized carbons (Fsp3) is 0.833. The highest BCUT2D eigenvalue weighted by atomic mass is 16.2. The summed E-state index contributed by atoms with van der Waals surface area (Å²) in [5.41, 5.74) is 5.33. The van der Waals surface area contributed by atoms with Crippen LogP contribution < -0.4 is 11.1 Å². The molecule has 17 heavy (non-hydrogen) atoms. The first-order valence-corrected chi connectivity index (χ1v) is 6.42. The number of nitrogens with one attached hydrogen (secondary N) is 1. The van der Waals surface area contributed by atoms with Crippen LogP contribution in [0.25, 0.3) is 0 Å². The predicted molar refractivity (Wildman–Crippen MR) is 64.1 cm³/mol. The van der Waals surface area contributed by atoms with E-state index in [4.69, 9.17) is 5.73 Å². The van der Waals surface area contributed by atoms with Crippen molar-refractivity contribution in [3.8, 4) is 0 Å². The van der Waals surface area contributed by atoms with Gasteiger partial charge in [-0.3, -0.25) is 9.59 Å². The van der Waals surface area contributed by atoms with Crippen LogP contribution in [0.1, 0.15) is 32.6 Å². The molecule has 5 heteroatoms. The van der Waals surface area contributed by atoms with Gasteiger partial charge in [0.05, 0.1) is 5.92 Å². The van der Waals surface area contributed by atoms with Gasteiger partial charge in [0.1, 0.15) is 6.04 Å². The van der Waals surface area contributed by atoms with Gasteiger partial charge in [0.25, 0.3) is 0 Å². The highest BCUT2D eigenvalue weighted by molar-refractivity contribution is 5.88. The Morgan fingerprint density at radius 2 is 2.06 bits per heavy atom. The van der Waals surface area contributed by atoms with Crippen molar-refractivity contribution in [2.45, 2.75) is 44.7 Å². The van der Waals surface area contributed by atoms with Crippen molar-refractivity contribution in [3.05, 3.63) is 0 Å². The minimum absolute atomic E-state index is 0.0196. The first kappa shape index (κ1) is 12.4. The molecule has 0 aromatic rings. The average Bonchev–Trinajstić information content (AvgIpc) is 2.78. The molecule has 3 atom stereocenters. The molecule has 0 aromatic carbocycles. The van der Waals surface area contributed by atoms with E-state index >= 15 is 0 Å². The lowest BCUT2D eigenvalue weighted by Crippen LogP contribution is -2.50. The van der Waals surface area contributed by atoms with Crippen LogP contribution in [-0.4, -0.2) is 41.9 Å². The summed E-state index contributed by atoms with van der Waals surface area (Å²) >= 11 is 0. The normalized spacial score (nSPS) is 33.7. The Kier molecular flexibility index (Phi) is 3.66. The molecule has 2 rings (SSSR count). The lowest BCUT2D eigenvalue weighted by Gasteiger charge is -2.31. The third kappa shape index (κ3) is 2.60. The summed E-state index contributed by atoms with van der Waals surface area (Å²) in [5, 5.41) is 3.32. The van der Waals surface area contributed by atoms with Crippen LogP contribution in [0, 0.1) is 5.92 Å². The van der Waals surface area contributed by atoms with E-state index < -0.39 is 0 Å². The van der Waals surface area contributed by atoms with Crippen LogP contribution in [0.4, 0.5) is 0 Å². The van der Waals surface area contributed by atoms with E-state index in [9.17, 15) is 9.59 Å².